The third-order valence-electron chi connectivity index (χ3n) is 4.94. The van der Waals surface area contributed by atoms with Gasteiger partial charge in [-0.3, -0.25) is 14.2 Å². The van der Waals surface area contributed by atoms with Gasteiger partial charge in [0.15, 0.2) is 5.78 Å². The van der Waals surface area contributed by atoms with E-state index >= 15 is 0 Å². The van der Waals surface area contributed by atoms with Gasteiger partial charge < -0.3 is 4.57 Å². The first-order valence-electron chi connectivity index (χ1n) is 9.44. The lowest BCUT2D eigenvalue weighted by Gasteiger charge is -2.09. The average molecular weight is 404 g/mol. The quantitative estimate of drug-likeness (QED) is 0.445. The molecule has 0 aliphatic rings. The zero-order chi connectivity index (χ0) is 20.4. The number of hydrogen-bond donors (Lipinski definition) is 0. The summed E-state index contributed by atoms with van der Waals surface area (Å²) >= 11 is 1.54. The van der Waals surface area contributed by atoms with E-state index < -0.39 is 0 Å². The molecule has 3 heterocycles. The molecular formula is C23H21N3O2S. The molecule has 0 saturated heterocycles. The Morgan fingerprint density at radius 1 is 0.966 bits per heavy atom. The number of pyridine rings is 1. The van der Waals surface area contributed by atoms with Crippen molar-refractivity contribution < 1.29 is 4.79 Å². The summed E-state index contributed by atoms with van der Waals surface area (Å²) in [6, 6.07) is 16.7. The van der Waals surface area contributed by atoms with Crippen molar-refractivity contribution in [3.8, 4) is 11.4 Å². The van der Waals surface area contributed by atoms with Crippen molar-refractivity contribution in [2.75, 3.05) is 0 Å². The van der Waals surface area contributed by atoms with E-state index in [-0.39, 0.29) is 11.3 Å². The number of imidazole rings is 1. The summed E-state index contributed by atoms with van der Waals surface area (Å²) in [6.07, 6.45) is 4.61. The maximum atomic E-state index is 12.4. The van der Waals surface area contributed by atoms with E-state index in [2.05, 4.69) is 4.98 Å². The second kappa shape index (κ2) is 8.01. The molecule has 0 spiro atoms. The molecule has 4 aromatic rings. The molecule has 3 aromatic heterocycles. The van der Waals surface area contributed by atoms with Crippen LogP contribution in [0, 0.1) is 13.8 Å². The highest BCUT2D eigenvalue weighted by atomic mass is 32.1. The van der Waals surface area contributed by atoms with Crippen LogP contribution in [0.4, 0.5) is 0 Å². The zero-order valence-electron chi connectivity index (χ0n) is 16.3. The highest BCUT2D eigenvalue weighted by molar-refractivity contribution is 7.14. The van der Waals surface area contributed by atoms with Gasteiger partial charge in [0.25, 0.3) is 5.56 Å². The number of hydrogen-bond acceptors (Lipinski definition) is 4. The predicted octanol–water partition coefficient (Wildman–Crippen LogP) is 4.52. The molecule has 0 aliphatic heterocycles. The van der Waals surface area contributed by atoms with Gasteiger partial charge in [-0.15, -0.1) is 11.3 Å². The van der Waals surface area contributed by atoms with Gasteiger partial charge >= 0.3 is 0 Å². The van der Waals surface area contributed by atoms with Crippen molar-refractivity contribution in [1.29, 1.82) is 0 Å². The number of carbonyl (C=O) groups is 1. The van der Waals surface area contributed by atoms with Gasteiger partial charge in [-0.1, -0.05) is 6.07 Å². The molecule has 29 heavy (non-hydrogen) atoms. The molecule has 0 amide bonds. The normalized spacial score (nSPS) is 11.0. The number of ketones is 1. The van der Waals surface area contributed by atoms with Crippen LogP contribution in [0.5, 0.6) is 0 Å². The molecule has 6 heteroatoms. The van der Waals surface area contributed by atoms with E-state index in [1.807, 2.05) is 60.9 Å². The Labute approximate surface area is 172 Å². The second-order valence-electron chi connectivity index (χ2n) is 6.91. The van der Waals surface area contributed by atoms with Crippen molar-refractivity contribution >= 4 is 17.1 Å². The van der Waals surface area contributed by atoms with E-state index in [0.29, 0.717) is 12.8 Å². The number of nitrogens with zero attached hydrogens (tertiary/aromatic N) is 3. The molecule has 1 aromatic carbocycles. The lowest BCUT2D eigenvalue weighted by atomic mass is 10.1. The van der Waals surface area contributed by atoms with Crippen LogP contribution in [0.15, 0.2) is 71.9 Å². The smallest absolute Gasteiger partial charge is 0.255 e. The monoisotopic (exact) mass is 403 g/mol. The van der Waals surface area contributed by atoms with Gasteiger partial charge in [0.05, 0.1) is 16.9 Å². The molecule has 0 aliphatic carbocycles. The maximum absolute atomic E-state index is 12.4. The molecule has 0 N–H and O–H groups in total. The topological polar surface area (TPSA) is 56.9 Å². The summed E-state index contributed by atoms with van der Waals surface area (Å²) in [7, 11) is 0. The third-order valence-corrected chi connectivity index (χ3v) is 5.98. The highest BCUT2D eigenvalue weighted by Gasteiger charge is 2.13. The molecular weight excluding hydrogens is 382 g/mol. The Morgan fingerprint density at radius 2 is 1.69 bits per heavy atom. The molecule has 0 bridgehead atoms. The van der Waals surface area contributed by atoms with Gasteiger partial charge in [0.1, 0.15) is 0 Å². The minimum atomic E-state index is -0.0630. The largest absolute Gasteiger partial charge is 0.303 e. The van der Waals surface area contributed by atoms with Crippen molar-refractivity contribution in [3.05, 3.63) is 98.6 Å². The number of aromatic nitrogens is 3. The molecule has 0 unspecified atom stereocenters. The standard InChI is InChI=1S/C23H21N3O2S/c1-16-6-13-22(29-16)21(27)12-11-20-17(2)26(15-24-20)19-9-7-18(8-10-19)25-14-4-3-5-23(25)28/h3-10,13-15H,11-12H2,1-2H3. The summed E-state index contributed by atoms with van der Waals surface area (Å²) in [6.45, 7) is 4.02. The third kappa shape index (κ3) is 3.98. The van der Waals surface area contributed by atoms with Gasteiger partial charge in [-0.25, -0.2) is 4.98 Å². The van der Waals surface area contributed by atoms with E-state index in [0.717, 1.165) is 32.5 Å². The molecule has 5 nitrogen and oxygen atoms in total. The first kappa shape index (κ1) is 19.1. The van der Waals surface area contributed by atoms with E-state index in [4.69, 9.17) is 0 Å². The van der Waals surface area contributed by atoms with E-state index in [9.17, 15) is 9.59 Å². The number of aryl methyl sites for hydroxylation is 2. The van der Waals surface area contributed by atoms with E-state index in [1.54, 1.807) is 29.2 Å². The minimum absolute atomic E-state index is 0.0630. The first-order valence-corrected chi connectivity index (χ1v) is 10.3. The summed E-state index contributed by atoms with van der Waals surface area (Å²) in [4.78, 5) is 30.8. The lowest BCUT2D eigenvalue weighted by molar-refractivity contribution is 0.0986. The van der Waals surface area contributed by atoms with Crippen LogP contribution < -0.4 is 5.56 Å². The SMILES string of the molecule is Cc1ccc(C(=O)CCc2ncn(-c3ccc(-n4ccccc4=O)cc3)c2C)s1. The zero-order valence-corrected chi connectivity index (χ0v) is 17.1. The van der Waals surface area contributed by atoms with Crippen LogP contribution in [0.2, 0.25) is 0 Å². The Morgan fingerprint density at radius 3 is 2.34 bits per heavy atom. The molecule has 0 fully saturated rings. The summed E-state index contributed by atoms with van der Waals surface area (Å²) < 4.78 is 3.61. The molecule has 146 valence electrons. The Balaban J connectivity index is 1.50. The van der Waals surface area contributed by atoms with Crippen LogP contribution in [0.3, 0.4) is 0 Å². The van der Waals surface area contributed by atoms with Gasteiger partial charge in [-0.05, 0) is 62.7 Å². The number of thiophene rings is 1. The molecule has 4 rings (SSSR count). The van der Waals surface area contributed by atoms with Crippen LogP contribution in [-0.2, 0) is 6.42 Å². The number of Topliss-reactive ketones (excluding diaryl/α,β-unsaturated/α-hetero) is 1. The van der Waals surface area contributed by atoms with Gasteiger partial charge in [0, 0.05) is 40.6 Å². The van der Waals surface area contributed by atoms with E-state index in [1.165, 1.54) is 11.3 Å². The highest BCUT2D eigenvalue weighted by Crippen LogP contribution is 2.20. The minimum Gasteiger partial charge on any atom is -0.303 e. The van der Waals surface area contributed by atoms with Crippen LogP contribution in [-0.4, -0.2) is 19.9 Å². The second-order valence-corrected chi connectivity index (χ2v) is 8.19. The summed E-state index contributed by atoms with van der Waals surface area (Å²) in [5.74, 6) is 0.162. The number of carbonyl (C=O) groups excluding carboxylic acids is 1. The number of rotatable bonds is 6. The van der Waals surface area contributed by atoms with Gasteiger partial charge in [-0.2, -0.15) is 0 Å². The van der Waals surface area contributed by atoms with Crippen molar-refractivity contribution in [2.45, 2.75) is 26.7 Å². The Kier molecular flexibility index (Phi) is 5.27. The predicted molar refractivity (Wildman–Crippen MR) is 116 cm³/mol. The molecule has 0 radical (unpaired) electrons. The van der Waals surface area contributed by atoms with Crippen LogP contribution >= 0.6 is 11.3 Å². The van der Waals surface area contributed by atoms with Crippen molar-refractivity contribution in [2.24, 2.45) is 0 Å². The average Bonchev–Trinajstić information content (AvgIpc) is 3.32. The molecule has 0 saturated carbocycles. The fourth-order valence-electron chi connectivity index (χ4n) is 3.31. The summed E-state index contributed by atoms with van der Waals surface area (Å²) in [5, 5.41) is 0. The summed E-state index contributed by atoms with van der Waals surface area (Å²) in [5.41, 5.74) is 3.66. The first-order chi connectivity index (χ1) is 14.0. The lowest BCUT2D eigenvalue weighted by Crippen LogP contribution is -2.15. The van der Waals surface area contributed by atoms with Crippen molar-refractivity contribution in [3.63, 3.8) is 0 Å². The fourth-order valence-corrected chi connectivity index (χ4v) is 4.14. The van der Waals surface area contributed by atoms with Gasteiger partial charge in [0.2, 0.25) is 0 Å². The molecule has 0 atom stereocenters. The van der Waals surface area contributed by atoms with Crippen LogP contribution in [0.25, 0.3) is 11.4 Å². The maximum Gasteiger partial charge on any atom is 0.255 e. The van der Waals surface area contributed by atoms with Crippen molar-refractivity contribution in [1.82, 2.24) is 14.1 Å². The fraction of sp³-hybridized carbons (Fsp3) is 0.174. The Bertz CT molecular complexity index is 1220. The number of benzene rings is 1. The Hall–Kier alpha value is -3.25. The van der Waals surface area contributed by atoms with Crippen LogP contribution in [0.1, 0.15) is 32.4 Å².